The number of likely N-dealkylation sites (N-methyl/N-ethyl adjacent to an activating group) is 1. The summed E-state index contributed by atoms with van der Waals surface area (Å²) in [6, 6.07) is 2.75. The summed E-state index contributed by atoms with van der Waals surface area (Å²) < 4.78 is 18.5. The number of amides is 2. The van der Waals surface area contributed by atoms with Gasteiger partial charge in [0.15, 0.2) is 0 Å². The molecule has 1 aliphatic rings. The lowest BCUT2D eigenvalue weighted by molar-refractivity contribution is 0.0697. The SMILES string of the molecule is CN(CC1CCCO1)C(=O)Nc1ccc(F)cc1C(=O)O. The molecule has 1 aromatic carbocycles. The lowest BCUT2D eigenvalue weighted by Crippen LogP contribution is -2.37. The topological polar surface area (TPSA) is 78.9 Å². The zero-order valence-electron chi connectivity index (χ0n) is 11.6. The number of carboxylic acid groups (broad SMARTS) is 1. The van der Waals surface area contributed by atoms with Crippen molar-refractivity contribution >= 4 is 17.7 Å². The fraction of sp³-hybridized carbons (Fsp3) is 0.429. The van der Waals surface area contributed by atoms with E-state index in [2.05, 4.69) is 5.32 Å². The predicted octanol–water partition coefficient (Wildman–Crippen LogP) is 2.17. The number of nitrogens with one attached hydrogen (secondary N) is 1. The molecule has 0 spiro atoms. The van der Waals surface area contributed by atoms with E-state index >= 15 is 0 Å². The zero-order valence-corrected chi connectivity index (χ0v) is 11.6. The van der Waals surface area contributed by atoms with Crippen LogP contribution >= 0.6 is 0 Å². The molecule has 1 saturated heterocycles. The first-order valence-corrected chi connectivity index (χ1v) is 6.64. The van der Waals surface area contributed by atoms with Crippen LogP contribution < -0.4 is 5.32 Å². The van der Waals surface area contributed by atoms with Crippen molar-refractivity contribution in [2.45, 2.75) is 18.9 Å². The number of carboxylic acids is 1. The van der Waals surface area contributed by atoms with Gasteiger partial charge in [-0.25, -0.2) is 14.0 Å². The molecule has 0 radical (unpaired) electrons. The lowest BCUT2D eigenvalue weighted by Gasteiger charge is -2.21. The maximum Gasteiger partial charge on any atom is 0.337 e. The highest BCUT2D eigenvalue weighted by Gasteiger charge is 2.21. The second-order valence-corrected chi connectivity index (χ2v) is 4.94. The second kappa shape index (κ2) is 6.53. The molecule has 2 N–H and O–H groups in total. The van der Waals surface area contributed by atoms with E-state index in [9.17, 15) is 14.0 Å². The summed E-state index contributed by atoms with van der Waals surface area (Å²) in [6.45, 7) is 1.12. The molecule has 0 bridgehead atoms. The molecule has 2 amide bonds. The highest BCUT2D eigenvalue weighted by molar-refractivity contribution is 5.99. The van der Waals surface area contributed by atoms with Gasteiger partial charge in [-0.1, -0.05) is 0 Å². The largest absolute Gasteiger partial charge is 0.478 e. The summed E-state index contributed by atoms with van der Waals surface area (Å²) in [5.74, 6) is -1.97. The molecule has 114 valence electrons. The number of nitrogens with zero attached hydrogens (tertiary/aromatic N) is 1. The molecule has 6 nitrogen and oxygen atoms in total. The molecule has 1 heterocycles. The van der Waals surface area contributed by atoms with Gasteiger partial charge in [-0.15, -0.1) is 0 Å². The zero-order chi connectivity index (χ0) is 15.4. The molecule has 1 unspecified atom stereocenters. The number of urea groups is 1. The monoisotopic (exact) mass is 296 g/mol. The normalized spacial score (nSPS) is 17.5. The van der Waals surface area contributed by atoms with E-state index in [1.165, 1.54) is 11.0 Å². The first-order chi connectivity index (χ1) is 9.97. The number of hydrogen-bond acceptors (Lipinski definition) is 3. The number of anilines is 1. The summed E-state index contributed by atoms with van der Waals surface area (Å²) in [4.78, 5) is 24.5. The Bertz CT molecular complexity index is 544. The average Bonchev–Trinajstić information content (AvgIpc) is 2.93. The van der Waals surface area contributed by atoms with Gasteiger partial charge < -0.3 is 20.1 Å². The van der Waals surface area contributed by atoms with Gasteiger partial charge in [-0.3, -0.25) is 0 Å². The Hall–Kier alpha value is -2.15. The molecular formula is C14H17FN2O4. The van der Waals surface area contributed by atoms with E-state index in [0.717, 1.165) is 25.0 Å². The van der Waals surface area contributed by atoms with E-state index < -0.39 is 17.8 Å². The quantitative estimate of drug-likeness (QED) is 0.892. The molecule has 7 heteroatoms. The minimum absolute atomic E-state index is 0.00733. The number of ether oxygens (including phenoxy) is 1. The summed E-state index contributed by atoms with van der Waals surface area (Å²) in [5, 5.41) is 11.5. The van der Waals surface area contributed by atoms with Crippen LogP contribution in [0.2, 0.25) is 0 Å². The Morgan fingerprint density at radius 3 is 2.90 bits per heavy atom. The van der Waals surface area contributed by atoms with E-state index in [4.69, 9.17) is 9.84 Å². The molecule has 1 atom stereocenters. The molecule has 21 heavy (non-hydrogen) atoms. The van der Waals surface area contributed by atoms with E-state index in [0.29, 0.717) is 13.2 Å². The maximum absolute atomic E-state index is 13.1. The molecular weight excluding hydrogens is 279 g/mol. The third-order valence-electron chi connectivity index (χ3n) is 3.30. The van der Waals surface area contributed by atoms with Gasteiger partial charge in [0.25, 0.3) is 0 Å². The Morgan fingerprint density at radius 1 is 1.52 bits per heavy atom. The third kappa shape index (κ3) is 3.91. The van der Waals surface area contributed by atoms with Gasteiger partial charge in [0.2, 0.25) is 0 Å². The van der Waals surface area contributed by atoms with Gasteiger partial charge in [0.05, 0.1) is 17.4 Å². The second-order valence-electron chi connectivity index (χ2n) is 4.94. The molecule has 0 aliphatic carbocycles. The number of carbonyl (C=O) groups is 2. The average molecular weight is 296 g/mol. The third-order valence-corrected chi connectivity index (χ3v) is 3.30. The van der Waals surface area contributed by atoms with Crippen molar-refractivity contribution in [2.75, 3.05) is 25.5 Å². The van der Waals surface area contributed by atoms with Crippen LogP contribution in [0.25, 0.3) is 0 Å². The summed E-state index contributed by atoms with van der Waals surface area (Å²) >= 11 is 0. The Balaban J connectivity index is 2.03. The van der Waals surface area contributed by atoms with Gasteiger partial charge in [0.1, 0.15) is 5.82 Å². The molecule has 1 fully saturated rings. The predicted molar refractivity (Wildman–Crippen MR) is 74.0 cm³/mol. The molecule has 0 saturated carbocycles. The van der Waals surface area contributed by atoms with Crippen molar-refractivity contribution in [1.82, 2.24) is 4.90 Å². The number of rotatable bonds is 4. The first kappa shape index (κ1) is 15.2. The van der Waals surface area contributed by atoms with Crippen LogP contribution in [0.3, 0.4) is 0 Å². The number of carbonyl (C=O) groups excluding carboxylic acids is 1. The standard InChI is InChI=1S/C14H17FN2O4/c1-17(8-10-3-2-6-21-10)14(20)16-12-5-4-9(15)7-11(12)13(18)19/h4-5,7,10H,2-3,6,8H2,1H3,(H,16,20)(H,18,19). The van der Waals surface area contributed by atoms with Crippen LogP contribution in [0.5, 0.6) is 0 Å². The highest BCUT2D eigenvalue weighted by atomic mass is 19.1. The molecule has 0 aromatic heterocycles. The summed E-state index contributed by atoms with van der Waals surface area (Å²) in [6.07, 6.45) is 1.88. The highest BCUT2D eigenvalue weighted by Crippen LogP contribution is 2.18. The van der Waals surface area contributed by atoms with Crippen molar-refractivity contribution in [3.63, 3.8) is 0 Å². The first-order valence-electron chi connectivity index (χ1n) is 6.64. The van der Waals surface area contributed by atoms with Crippen LogP contribution in [0.1, 0.15) is 23.2 Å². The minimum Gasteiger partial charge on any atom is -0.478 e. The fourth-order valence-electron chi connectivity index (χ4n) is 2.19. The molecule has 2 rings (SSSR count). The molecule has 1 aliphatic heterocycles. The minimum atomic E-state index is -1.30. The van der Waals surface area contributed by atoms with Gasteiger partial charge in [0, 0.05) is 20.2 Å². The maximum atomic E-state index is 13.1. The van der Waals surface area contributed by atoms with Crippen LogP contribution in [-0.4, -0.2) is 48.3 Å². The van der Waals surface area contributed by atoms with E-state index in [1.807, 2.05) is 0 Å². The van der Waals surface area contributed by atoms with Crippen molar-refractivity contribution in [3.05, 3.63) is 29.6 Å². The van der Waals surface area contributed by atoms with Crippen LogP contribution in [-0.2, 0) is 4.74 Å². The van der Waals surface area contributed by atoms with Gasteiger partial charge >= 0.3 is 12.0 Å². The smallest absolute Gasteiger partial charge is 0.337 e. The number of benzene rings is 1. The summed E-state index contributed by atoms with van der Waals surface area (Å²) in [7, 11) is 1.60. The van der Waals surface area contributed by atoms with Crippen LogP contribution in [0, 0.1) is 5.82 Å². The molecule has 1 aromatic rings. The summed E-state index contributed by atoms with van der Waals surface area (Å²) in [5.41, 5.74) is -0.220. The van der Waals surface area contributed by atoms with Crippen molar-refractivity contribution in [1.29, 1.82) is 0 Å². The van der Waals surface area contributed by atoms with Gasteiger partial charge in [-0.05, 0) is 31.0 Å². The van der Waals surface area contributed by atoms with Crippen molar-refractivity contribution < 1.29 is 23.8 Å². The van der Waals surface area contributed by atoms with Crippen LogP contribution in [0.15, 0.2) is 18.2 Å². The Kier molecular flexibility index (Phi) is 4.74. The number of aromatic carboxylic acids is 1. The Labute approximate surface area is 121 Å². The van der Waals surface area contributed by atoms with E-state index in [-0.39, 0.29) is 17.4 Å². The number of halogens is 1. The van der Waals surface area contributed by atoms with Crippen LogP contribution in [0.4, 0.5) is 14.9 Å². The Morgan fingerprint density at radius 2 is 2.29 bits per heavy atom. The number of hydrogen-bond donors (Lipinski definition) is 2. The van der Waals surface area contributed by atoms with E-state index in [1.54, 1.807) is 7.05 Å². The lowest BCUT2D eigenvalue weighted by atomic mass is 10.1. The van der Waals surface area contributed by atoms with Crippen molar-refractivity contribution in [3.8, 4) is 0 Å². The van der Waals surface area contributed by atoms with Crippen molar-refractivity contribution in [2.24, 2.45) is 0 Å². The fourth-order valence-corrected chi connectivity index (χ4v) is 2.19. The van der Waals surface area contributed by atoms with Gasteiger partial charge in [-0.2, -0.15) is 0 Å².